The van der Waals surface area contributed by atoms with E-state index < -0.39 is 17.2 Å². The first-order valence-electron chi connectivity index (χ1n) is 9.87. The van der Waals surface area contributed by atoms with Crippen molar-refractivity contribution in [3.8, 4) is 0 Å². The SMILES string of the molecule is O=C1C(=O)c2ccc(Br)cc2C2=C1SCC1(CCN(C(=O)c3cccc(Cl)c3)CC1)O2. The largest absolute Gasteiger partial charge is 0.484 e. The average molecular weight is 519 g/mol. The van der Waals surface area contributed by atoms with Gasteiger partial charge in [0.05, 0.1) is 0 Å². The van der Waals surface area contributed by atoms with Crippen LogP contribution in [0, 0.1) is 0 Å². The maximum absolute atomic E-state index is 12.9. The van der Waals surface area contributed by atoms with Gasteiger partial charge in [-0.1, -0.05) is 33.6 Å². The molecule has 0 aromatic heterocycles. The number of nitrogens with zero attached hydrogens (tertiary/aromatic N) is 1. The van der Waals surface area contributed by atoms with Gasteiger partial charge in [0, 0.05) is 57.9 Å². The van der Waals surface area contributed by atoms with Gasteiger partial charge in [-0.2, -0.15) is 0 Å². The van der Waals surface area contributed by atoms with E-state index >= 15 is 0 Å². The van der Waals surface area contributed by atoms with Gasteiger partial charge in [-0.25, -0.2) is 0 Å². The van der Waals surface area contributed by atoms with E-state index in [0.29, 0.717) is 64.1 Å². The Bertz CT molecular complexity index is 1170. The number of fused-ring (bicyclic) bond motifs is 2. The van der Waals surface area contributed by atoms with Crippen molar-refractivity contribution in [2.75, 3.05) is 18.8 Å². The van der Waals surface area contributed by atoms with Crippen LogP contribution in [-0.4, -0.2) is 46.8 Å². The number of halogens is 2. The van der Waals surface area contributed by atoms with E-state index in [4.69, 9.17) is 16.3 Å². The fourth-order valence-electron chi connectivity index (χ4n) is 4.20. The predicted octanol–water partition coefficient (Wildman–Crippen LogP) is 4.97. The number of ether oxygens (including phenoxy) is 1. The molecule has 0 N–H and O–H groups in total. The number of hydrogen-bond donors (Lipinski definition) is 0. The number of likely N-dealkylation sites (tertiary alicyclic amines) is 1. The van der Waals surface area contributed by atoms with Gasteiger partial charge in [0.2, 0.25) is 11.6 Å². The molecule has 1 spiro atoms. The van der Waals surface area contributed by atoms with Crippen LogP contribution in [0.2, 0.25) is 5.02 Å². The highest BCUT2D eigenvalue weighted by Gasteiger charge is 2.46. The van der Waals surface area contributed by atoms with E-state index in [-0.39, 0.29) is 5.91 Å². The van der Waals surface area contributed by atoms with E-state index in [0.717, 1.165) is 4.47 Å². The Hall–Kier alpha value is -2.09. The molecule has 2 aliphatic heterocycles. The maximum Gasteiger partial charge on any atom is 0.253 e. The Balaban J connectivity index is 1.38. The molecule has 0 radical (unpaired) electrons. The third kappa shape index (κ3) is 3.62. The first-order chi connectivity index (χ1) is 14.9. The number of ketones is 2. The second kappa shape index (κ2) is 7.80. The van der Waals surface area contributed by atoms with Crippen LogP contribution >= 0.6 is 39.3 Å². The predicted molar refractivity (Wildman–Crippen MR) is 123 cm³/mol. The van der Waals surface area contributed by atoms with Crippen LogP contribution in [0.4, 0.5) is 0 Å². The van der Waals surface area contributed by atoms with Gasteiger partial charge >= 0.3 is 0 Å². The molecule has 2 aromatic carbocycles. The Morgan fingerprint density at radius 3 is 2.58 bits per heavy atom. The molecule has 1 saturated heterocycles. The summed E-state index contributed by atoms with van der Waals surface area (Å²) >= 11 is 10.9. The Kier molecular flexibility index (Phi) is 5.23. The van der Waals surface area contributed by atoms with Crippen LogP contribution < -0.4 is 0 Å². The first-order valence-corrected chi connectivity index (χ1v) is 12.0. The van der Waals surface area contributed by atoms with Crippen LogP contribution in [0.15, 0.2) is 51.8 Å². The zero-order chi connectivity index (χ0) is 21.8. The molecule has 0 bridgehead atoms. The summed E-state index contributed by atoms with van der Waals surface area (Å²) < 4.78 is 7.29. The monoisotopic (exact) mass is 517 g/mol. The molecule has 8 heteroatoms. The lowest BCUT2D eigenvalue weighted by molar-refractivity contribution is -0.111. The zero-order valence-corrected chi connectivity index (χ0v) is 19.5. The van der Waals surface area contributed by atoms with E-state index in [1.54, 1.807) is 36.4 Å². The number of carbonyl (C=O) groups excluding carboxylic acids is 3. The lowest BCUT2D eigenvalue weighted by Gasteiger charge is -2.45. The number of benzene rings is 2. The molecule has 5 rings (SSSR count). The van der Waals surface area contributed by atoms with Crippen molar-refractivity contribution in [3.63, 3.8) is 0 Å². The average Bonchev–Trinajstić information content (AvgIpc) is 2.77. The highest BCUT2D eigenvalue weighted by Crippen LogP contribution is 2.47. The van der Waals surface area contributed by atoms with Crippen LogP contribution in [0.3, 0.4) is 0 Å². The minimum atomic E-state index is -0.502. The minimum Gasteiger partial charge on any atom is -0.484 e. The molecule has 31 heavy (non-hydrogen) atoms. The number of amides is 1. The highest BCUT2D eigenvalue weighted by atomic mass is 79.9. The van der Waals surface area contributed by atoms with Crippen molar-refractivity contribution >= 4 is 62.5 Å². The van der Waals surface area contributed by atoms with Gasteiger partial charge in [0.15, 0.2) is 0 Å². The van der Waals surface area contributed by atoms with Crippen molar-refractivity contribution in [1.29, 1.82) is 0 Å². The standard InChI is InChI=1S/C23H17BrClNO4S/c24-14-4-5-16-17(11-14)20-21(19(28)18(16)27)31-12-23(30-20)6-8-26(9-7-23)22(29)13-2-1-3-15(25)10-13/h1-5,10-11H,6-9,12H2. The molecule has 0 unspecified atom stereocenters. The normalized spacial score (nSPS) is 19.7. The van der Waals surface area contributed by atoms with Gasteiger partial charge in [0.25, 0.3) is 5.91 Å². The molecule has 1 amide bonds. The summed E-state index contributed by atoms with van der Waals surface area (Å²) in [4.78, 5) is 40.2. The van der Waals surface area contributed by atoms with Crippen LogP contribution in [0.5, 0.6) is 0 Å². The number of piperidine rings is 1. The van der Waals surface area contributed by atoms with Crippen molar-refractivity contribution in [2.24, 2.45) is 0 Å². The maximum atomic E-state index is 12.9. The van der Waals surface area contributed by atoms with E-state index in [2.05, 4.69) is 15.9 Å². The van der Waals surface area contributed by atoms with Crippen LogP contribution in [0.25, 0.3) is 5.76 Å². The highest BCUT2D eigenvalue weighted by molar-refractivity contribution is 9.10. The van der Waals surface area contributed by atoms with Crippen molar-refractivity contribution in [3.05, 3.63) is 73.6 Å². The van der Waals surface area contributed by atoms with Crippen molar-refractivity contribution in [2.45, 2.75) is 18.4 Å². The number of carbonyl (C=O) groups is 3. The Morgan fingerprint density at radius 2 is 1.84 bits per heavy atom. The first kappa shape index (κ1) is 20.8. The second-order valence-electron chi connectivity index (χ2n) is 7.88. The van der Waals surface area contributed by atoms with E-state index in [1.165, 1.54) is 11.8 Å². The number of Topliss-reactive ketones (excluding diaryl/α,β-unsaturated/α-hetero) is 2. The smallest absolute Gasteiger partial charge is 0.253 e. The van der Waals surface area contributed by atoms with Crippen molar-refractivity contribution < 1.29 is 19.1 Å². The number of rotatable bonds is 1. The number of hydrogen-bond acceptors (Lipinski definition) is 5. The van der Waals surface area contributed by atoms with Crippen molar-refractivity contribution in [1.82, 2.24) is 4.90 Å². The molecule has 5 nitrogen and oxygen atoms in total. The van der Waals surface area contributed by atoms with E-state index in [1.807, 2.05) is 11.0 Å². The fraction of sp³-hybridized carbons (Fsp3) is 0.261. The quantitative estimate of drug-likeness (QED) is 0.499. The summed E-state index contributed by atoms with van der Waals surface area (Å²) in [5.41, 5.74) is 1.12. The van der Waals surface area contributed by atoms with E-state index in [9.17, 15) is 14.4 Å². The minimum absolute atomic E-state index is 0.0477. The molecular weight excluding hydrogens is 502 g/mol. The van der Waals surface area contributed by atoms with Gasteiger partial charge in [-0.15, -0.1) is 11.8 Å². The number of thioether (sulfide) groups is 1. The zero-order valence-electron chi connectivity index (χ0n) is 16.3. The Labute approximate surface area is 196 Å². The van der Waals surface area contributed by atoms with Gasteiger partial charge < -0.3 is 9.64 Å². The molecule has 0 atom stereocenters. The fourth-order valence-corrected chi connectivity index (χ4v) is 6.02. The molecule has 158 valence electrons. The molecule has 1 aliphatic carbocycles. The topological polar surface area (TPSA) is 63.7 Å². The summed E-state index contributed by atoms with van der Waals surface area (Å²) in [5, 5.41) is 0.534. The third-order valence-electron chi connectivity index (χ3n) is 5.92. The number of allylic oxidation sites excluding steroid dienone is 1. The van der Waals surface area contributed by atoms with Crippen LogP contribution in [-0.2, 0) is 9.53 Å². The summed E-state index contributed by atoms with van der Waals surface area (Å²) in [7, 11) is 0. The summed E-state index contributed by atoms with van der Waals surface area (Å²) in [6.45, 7) is 1.10. The summed E-state index contributed by atoms with van der Waals surface area (Å²) in [5.74, 6) is 0.0293. The molecule has 2 aromatic rings. The van der Waals surface area contributed by atoms with Crippen LogP contribution in [0.1, 0.15) is 39.1 Å². The molecule has 0 saturated carbocycles. The molecule has 2 heterocycles. The summed E-state index contributed by atoms with van der Waals surface area (Å²) in [6, 6.07) is 12.2. The third-order valence-corrected chi connectivity index (χ3v) is 7.98. The molecular formula is C23H17BrClNO4S. The lowest BCUT2D eigenvalue weighted by atomic mass is 9.89. The van der Waals surface area contributed by atoms with Gasteiger partial charge in [-0.05, 0) is 36.4 Å². The van der Waals surface area contributed by atoms with Gasteiger partial charge in [-0.3, -0.25) is 14.4 Å². The molecule has 3 aliphatic rings. The lowest BCUT2D eigenvalue weighted by Crippen LogP contribution is -2.50. The summed E-state index contributed by atoms with van der Waals surface area (Å²) in [6.07, 6.45) is 1.29. The second-order valence-corrected chi connectivity index (χ2v) is 10.2. The Morgan fingerprint density at radius 1 is 1.06 bits per heavy atom. The molecule has 1 fully saturated rings. The van der Waals surface area contributed by atoms with Gasteiger partial charge in [0.1, 0.15) is 16.3 Å².